The van der Waals surface area contributed by atoms with Crippen molar-refractivity contribution in [2.24, 2.45) is 0 Å². The van der Waals surface area contributed by atoms with E-state index in [1.807, 2.05) is 18.2 Å². The maximum atomic E-state index is 12.8. The topological polar surface area (TPSA) is 117 Å². The highest BCUT2D eigenvalue weighted by Gasteiger charge is 2.31. The molecule has 1 aliphatic heterocycles. The lowest BCUT2D eigenvalue weighted by Crippen LogP contribution is -2.50. The van der Waals surface area contributed by atoms with Crippen molar-refractivity contribution in [1.29, 1.82) is 0 Å². The van der Waals surface area contributed by atoms with Gasteiger partial charge in [0.1, 0.15) is 5.69 Å². The van der Waals surface area contributed by atoms with Gasteiger partial charge >= 0.3 is 0 Å². The van der Waals surface area contributed by atoms with E-state index in [2.05, 4.69) is 20.9 Å². The van der Waals surface area contributed by atoms with Crippen molar-refractivity contribution in [1.82, 2.24) is 14.2 Å². The van der Waals surface area contributed by atoms with E-state index in [4.69, 9.17) is 0 Å². The molecule has 0 atom stereocenters. The van der Waals surface area contributed by atoms with Crippen LogP contribution >= 0.6 is 15.9 Å². The van der Waals surface area contributed by atoms with E-state index in [9.17, 15) is 23.3 Å². The van der Waals surface area contributed by atoms with Gasteiger partial charge in [0.15, 0.2) is 0 Å². The Labute approximate surface area is 180 Å². The minimum absolute atomic E-state index is 0.114. The van der Waals surface area contributed by atoms with Crippen LogP contribution in [0.15, 0.2) is 57.9 Å². The van der Waals surface area contributed by atoms with Crippen LogP contribution in [-0.4, -0.2) is 59.6 Å². The van der Waals surface area contributed by atoms with E-state index in [0.29, 0.717) is 5.69 Å². The number of carbonyl (C=O) groups excluding carboxylic acids is 1. The number of carbonyl (C=O) groups is 1. The second-order valence-corrected chi connectivity index (χ2v) is 9.72. The smallest absolute Gasteiger partial charge is 0.270 e. The Bertz CT molecular complexity index is 1250. The van der Waals surface area contributed by atoms with Crippen LogP contribution in [0.25, 0.3) is 10.9 Å². The number of H-pyrrole nitrogens is 1. The number of non-ortho nitro benzene ring substituents is 1. The number of nitrogens with zero attached hydrogens (tertiary/aromatic N) is 3. The number of halogens is 1. The summed E-state index contributed by atoms with van der Waals surface area (Å²) in [6.45, 7) is 0.684. The molecular formula is C19H17BrN4O5S. The summed E-state index contributed by atoms with van der Waals surface area (Å²) in [6, 6.07) is 12.4. The van der Waals surface area contributed by atoms with Gasteiger partial charge in [-0.25, -0.2) is 8.42 Å². The van der Waals surface area contributed by atoms with Gasteiger partial charge in [-0.05, 0) is 30.3 Å². The Kier molecular flexibility index (Phi) is 5.35. The molecule has 2 aromatic carbocycles. The number of piperazine rings is 1. The summed E-state index contributed by atoms with van der Waals surface area (Å²) >= 11 is 3.40. The Morgan fingerprint density at radius 1 is 1.07 bits per heavy atom. The number of sulfonamides is 1. The molecule has 4 rings (SSSR count). The van der Waals surface area contributed by atoms with Crippen LogP contribution in [0.2, 0.25) is 0 Å². The van der Waals surface area contributed by atoms with E-state index in [1.54, 1.807) is 11.0 Å². The summed E-state index contributed by atoms with van der Waals surface area (Å²) in [5, 5.41) is 11.8. The van der Waals surface area contributed by atoms with Crippen molar-refractivity contribution in [3.05, 3.63) is 68.8 Å². The van der Waals surface area contributed by atoms with Gasteiger partial charge in [-0.15, -0.1) is 0 Å². The fourth-order valence-electron chi connectivity index (χ4n) is 3.43. The molecule has 156 valence electrons. The van der Waals surface area contributed by atoms with Crippen LogP contribution < -0.4 is 0 Å². The summed E-state index contributed by atoms with van der Waals surface area (Å²) in [6.07, 6.45) is 0. The zero-order valence-electron chi connectivity index (χ0n) is 15.6. The number of fused-ring (bicyclic) bond motifs is 1. The Balaban J connectivity index is 1.48. The summed E-state index contributed by atoms with van der Waals surface area (Å²) in [4.78, 5) is 27.7. The first-order valence-corrected chi connectivity index (χ1v) is 11.3. The molecule has 0 aliphatic carbocycles. The van der Waals surface area contributed by atoms with Crippen LogP contribution in [-0.2, 0) is 10.0 Å². The lowest BCUT2D eigenvalue weighted by molar-refractivity contribution is -0.385. The average Bonchev–Trinajstić information content (AvgIpc) is 3.16. The summed E-state index contributed by atoms with van der Waals surface area (Å²) in [7, 11) is -3.88. The predicted octanol–water partition coefficient (Wildman–Crippen LogP) is 2.99. The molecule has 1 aliphatic rings. The molecule has 3 aromatic rings. The van der Waals surface area contributed by atoms with Gasteiger partial charge in [0.2, 0.25) is 10.0 Å². The van der Waals surface area contributed by atoms with Crippen molar-refractivity contribution in [3.8, 4) is 0 Å². The number of nitro benzene ring substituents is 1. The first kappa shape index (κ1) is 20.5. The average molecular weight is 493 g/mol. The molecule has 2 heterocycles. The molecule has 9 nitrogen and oxygen atoms in total. The van der Waals surface area contributed by atoms with Gasteiger partial charge in [-0.3, -0.25) is 14.9 Å². The van der Waals surface area contributed by atoms with E-state index in [1.165, 1.54) is 22.5 Å². The minimum Gasteiger partial charge on any atom is -0.351 e. The van der Waals surface area contributed by atoms with Gasteiger partial charge < -0.3 is 9.88 Å². The lowest BCUT2D eigenvalue weighted by Gasteiger charge is -2.33. The SMILES string of the molecule is O=C(c1cc2cc(Br)ccc2[nH]1)N1CCN(S(=O)(=O)c2cccc([N+](=O)[O-])c2)CC1. The summed E-state index contributed by atoms with van der Waals surface area (Å²) in [5.74, 6) is -0.199. The highest BCUT2D eigenvalue weighted by atomic mass is 79.9. The van der Waals surface area contributed by atoms with Gasteiger partial charge in [-0.1, -0.05) is 22.0 Å². The van der Waals surface area contributed by atoms with Crippen LogP contribution in [0, 0.1) is 10.1 Å². The molecule has 30 heavy (non-hydrogen) atoms. The first-order valence-electron chi connectivity index (χ1n) is 9.08. The minimum atomic E-state index is -3.88. The molecule has 1 fully saturated rings. The standard InChI is InChI=1S/C19H17BrN4O5S/c20-14-4-5-17-13(10-14)11-18(21-17)19(25)22-6-8-23(9-7-22)30(28,29)16-3-1-2-15(12-16)24(26)27/h1-5,10-12,21H,6-9H2. The molecular weight excluding hydrogens is 476 g/mol. The molecule has 11 heteroatoms. The van der Waals surface area contributed by atoms with Crippen molar-refractivity contribution in [2.75, 3.05) is 26.2 Å². The highest BCUT2D eigenvalue weighted by molar-refractivity contribution is 9.10. The van der Waals surface area contributed by atoms with E-state index in [-0.39, 0.29) is 42.7 Å². The number of aromatic amines is 1. The quantitative estimate of drug-likeness (QED) is 0.443. The zero-order chi connectivity index (χ0) is 21.5. The molecule has 0 radical (unpaired) electrons. The van der Waals surface area contributed by atoms with E-state index < -0.39 is 14.9 Å². The molecule has 1 saturated heterocycles. The Hall–Kier alpha value is -2.76. The molecule has 1 N–H and O–H groups in total. The second kappa shape index (κ2) is 7.82. The maximum Gasteiger partial charge on any atom is 0.270 e. The number of benzene rings is 2. The second-order valence-electron chi connectivity index (χ2n) is 6.87. The van der Waals surface area contributed by atoms with Crippen molar-refractivity contribution in [2.45, 2.75) is 4.90 Å². The van der Waals surface area contributed by atoms with Crippen molar-refractivity contribution < 1.29 is 18.1 Å². The number of nitro groups is 1. The molecule has 1 aromatic heterocycles. The molecule has 1 amide bonds. The lowest BCUT2D eigenvalue weighted by atomic mass is 10.2. The summed E-state index contributed by atoms with van der Waals surface area (Å²) < 4.78 is 27.9. The van der Waals surface area contributed by atoms with E-state index in [0.717, 1.165) is 21.4 Å². The van der Waals surface area contributed by atoms with Gasteiger partial charge in [0, 0.05) is 53.7 Å². The van der Waals surface area contributed by atoms with E-state index >= 15 is 0 Å². The fraction of sp³-hybridized carbons (Fsp3) is 0.211. The zero-order valence-corrected chi connectivity index (χ0v) is 18.0. The third-order valence-corrected chi connectivity index (χ3v) is 7.39. The maximum absolute atomic E-state index is 12.8. The largest absolute Gasteiger partial charge is 0.351 e. The van der Waals surface area contributed by atoms with Crippen LogP contribution in [0.1, 0.15) is 10.5 Å². The van der Waals surface area contributed by atoms with Gasteiger partial charge in [0.25, 0.3) is 11.6 Å². The van der Waals surface area contributed by atoms with Gasteiger partial charge in [-0.2, -0.15) is 4.31 Å². The third kappa shape index (κ3) is 3.83. The Morgan fingerprint density at radius 2 is 1.80 bits per heavy atom. The van der Waals surface area contributed by atoms with Crippen LogP contribution in [0.5, 0.6) is 0 Å². The normalized spacial score (nSPS) is 15.4. The van der Waals surface area contributed by atoms with Gasteiger partial charge in [0.05, 0.1) is 9.82 Å². The third-order valence-electron chi connectivity index (χ3n) is 5.01. The first-order chi connectivity index (χ1) is 14.3. The van der Waals surface area contributed by atoms with Crippen molar-refractivity contribution in [3.63, 3.8) is 0 Å². The predicted molar refractivity (Wildman–Crippen MR) is 114 cm³/mol. The number of aromatic nitrogens is 1. The summed E-state index contributed by atoms with van der Waals surface area (Å²) in [5.41, 5.74) is 1.00. The number of amides is 1. The molecule has 0 spiro atoms. The molecule has 0 saturated carbocycles. The molecule has 0 unspecified atom stereocenters. The highest BCUT2D eigenvalue weighted by Crippen LogP contribution is 2.24. The molecule has 0 bridgehead atoms. The number of hydrogen-bond acceptors (Lipinski definition) is 5. The number of rotatable bonds is 4. The van der Waals surface area contributed by atoms with Crippen LogP contribution in [0.3, 0.4) is 0 Å². The van der Waals surface area contributed by atoms with Crippen LogP contribution in [0.4, 0.5) is 5.69 Å². The Morgan fingerprint density at radius 3 is 2.50 bits per heavy atom. The van der Waals surface area contributed by atoms with Crippen molar-refractivity contribution >= 4 is 48.5 Å². The number of hydrogen-bond donors (Lipinski definition) is 1. The monoisotopic (exact) mass is 492 g/mol. The number of nitrogens with one attached hydrogen (secondary N) is 1. The fourth-order valence-corrected chi connectivity index (χ4v) is 5.27.